The summed E-state index contributed by atoms with van der Waals surface area (Å²) in [5, 5.41) is 12.2. The summed E-state index contributed by atoms with van der Waals surface area (Å²) in [5.74, 6) is -1.10. The van der Waals surface area contributed by atoms with E-state index in [1.165, 1.54) is 31.2 Å². The van der Waals surface area contributed by atoms with Crippen LogP contribution in [-0.2, 0) is 9.53 Å². The van der Waals surface area contributed by atoms with E-state index in [2.05, 4.69) is 5.32 Å². The summed E-state index contributed by atoms with van der Waals surface area (Å²) in [6.45, 7) is 7.33. The number of anilines is 1. The molecule has 0 aliphatic heterocycles. The molecule has 2 aromatic carbocycles. The highest BCUT2D eigenvalue weighted by Crippen LogP contribution is 2.22. The molecule has 1 atom stereocenters. The van der Waals surface area contributed by atoms with Crippen molar-refractivity contribution in [3.8, 4) is 5.75 Å². The third kappa shape index (κ3) is 4.13. The number of hydrogen-bond acceptors (Lipinski definition) is 4. The monoisotopic (exact) mass is 327 g/mol. The average Bonchev–Trinajstić information content (AvgIpc) is 2.50. The van der Waals surface area contributed by atoms with Crippen molar-refractivity contribution in [1.29, 1.82) is 0 Å². The van der Waals surface area contributed by atoms with Gasteiger partial charge in [0, 0.05) is 5.69 Å². The molecule has 0 aromatic heterocycles. The van der Waals surface area contributed by atoms with Gasteiger partial charge in [-0.3, -0.25) is 4.79 Å². The molecule has 0 aliphatic carbocycles. The van der Waals surface area contributed by atoms with Gasteiger partial charge in [-0.05, 0) is 57.0 Å². The van der Waals surface area contributed by atoms with Gasteiger partial charge in [-0.1, -0.05) is 23.8 Å². The molecule has 126 valence electrons. The average molecular weight is 327 g/mol. The zero-order valence-electron chi connectivity index (χ0n) is 14.2. The van der Waals surface area contributed by atoms with Crippen LogP contribution < -0.4 is 5.32 Å². The quantitative estimate of drug-likeness (QED) is 0.843. The molecule has 0 unspecified atom stereocenters. The fourth-order valence-electron chi connectivity index (χ4n) is 2.52. The number of carbonyl (C=O) groups is 2. The van der Waals surface area contributed by atoms with E-state index in [4.69, 9.17) is 4.74 Å². The highest BCUT2D eigenvalue weighted by molar-refractivity contribution is 5.98. The Balaban J connectivity index is 2.06. The van der Waals surface area contributed by atoms with Crippen LogP contribution in [0, 0.1) is 20.8 Å². The molecular weight excluding hydrogens is 306 g/mol. The molecule has 0 fully saturated rings. The minimum atomic E-state index is -0.958. The number of benzene rings is 2. The first-order chi connectivity index (χ1) is 11.3. The first-order valence-electron chi connectivity index (χ1n) is 7.66. The molecule has 0 saturated carbocycles. The minimum absolute atomic E-state index is 0.0348. The van der Waals surface area contributed by atoms with Gasteiger partial charge < -0.3 is 15.2 Å². The Morgan fingerprint density at radius 1 is 1.08 bits per heavy atom. The molecule has 0 heterocycles. The van der Waals surface area contributed by atoms with Crippen molar-refractivity contribution >= 4 is 17.6 Å². The summed E-state index contributed by atoms with van der Waals surface area (Å²) in [7, 11) is 0. The zero-order chi connectivity index (χ0) is 17.9. The van der Waals surface area contributed by atoms with Gasteiger partial charge in [0.1, 0.15) is 5.75 Å². The molecule has 5 nitrogen and oxygen atoms in total. The molecule has 0 aliphatic rings. The zero-order valence-corrected chi connectivity index (χ0v) is 14.2. The second kappa shape index (κ2) is 7.17. The fraction of sp³-hybridized carbons (Fsp3) is 0.263. The topological polar surface area (TPSA) is 75.6 Å². The maximum absolute atomic E-state index is 12.3. The number of aromatic hydroxyl groups is 1. The Hall–Kier alpha value is -2.82. The van der Waals surface area contributed by atoms with Crippen LogP contribution in [0.1, 0.15) is 34.0 Å². The molecule has 0 radical (unpaired) electrons. The van der Waals surface area contributed by atoms with Crippen LogP contribution in [0.2, 0.25) is 0 Å². The Kier molecular flexibility index (Phi) is 5.24. The van der Waals surface area contributed by atoms with Crippen LogP contribution in [0.3, 0.4) is 0 Å². The Morgan fingerprint density at radius 3 is 2.29 bits per heavy atom. The predicted octanol–water partition coefficient (Wildman–Crippen LogP) is 3.50. The number of carbonyl (C=O) groups excluding carboxylic acids is 2. The molecule has 2 rings (SSSR count). The van der Waals surface area contributed by atoms with E-state index in [0.717, 1.165) is 22.4 Å². The maximum atomic E-state index is 12.3. The molecule has 0 spiro atoms. The van der Waals surface area contributed by atoms with Crippen LogP contribution in [0.25, 0.3) is 0 Å². The number of nitrogens with one attached hydrogen (secondary N) is 1. The number of rotatable bonds is 4. The second-order valence-electron chi connectivity index (χ2n) is 5.86. The predicted molar refractivity (Wildman–Crippen MR) is 92.3 cm³/mol. The van der Waals surface area contributed by atoms with E-state index in [1.807, 2.05) is 32.9 Å². The van der Waals surface area contributed by atoms with Crippen molar-refractivity contribution in [3.05, 3.63) is 58.7 Å². The van der Waals surface area contributed by atoms with Crippen LogP contribution in [0.4, 0.5) is 5.69 Å². The van der Waals surface area contributed by atoms with Crippen molar-refractivity contribution in [1.82, 2.24) is 0 Å². The van der Waals surface area contributed by atoms with Crippen molar-refractivity contribution in [3.63, 3.8) is 0 Å². The van der Waals surface area contributed by atoms with Gasteiger partial charge in [-0.25, -0.2) is 4.79 Å². The summed E-state index contributed by atoms with van der Waals surface area (Å²) >= 11 is 0. The van der Waals surface area contributed by atoms with Crippen molar-refractivity contribution in [2.24, 2.45) is 0 Å². The number of phenolic OH excluding ortho intramolecular Hbond substituents is 1. The second-order valence-corrected chi connectivity index (χ2v) is 5.86. The van der Waals surface area contributed by atoms with Crippen LogP contribution in [0.5, 0.6) is 5.75 Å². The summed E-state index contributed by atoms with van der Waals surface area (Å²) in [4.78, 5) is 24.3. The third-order valence-corrected chi connectivity index (χ3v) is 3.66. The van der Waals surface area contributed by atoms with Crippen LogP contribution in [-0.4, -0.2) is 23.1 Å². The van der Waals surface area contributed by atoms with Crippen LogP contribution >= 0.6 is 0 Å². The van der Waals surface area contributed by atoms with E-state index >= 15 is 0 Å². The lowest BCUT2D eigenvalue weighted by molar-refractivity contribution is -0.123. The molecule has 1 amide bonds. The highest BCUT2D eigenvalue weighted by Gasteiger charge is 2.20. The number of phenols is 1. The largest absolute Gasteiger partial charge is 0.508 e. The summed E-state index contributed by atoms with van der Waals surface area (Å²) in [6, 6.07) is 9.76. The number of amides is 1. The number of hydrogen-bond donors (Lipinski definition) is 2. The number of ether oxygens (including phenoxy) is 1. The standard InChI is InChI=1S/C19H21NO4/c1-11-8-12(2)17(13(3)9-11)20-18(22)14(4)24-19(23)15-6-5-7-16(21)10-15/h5-10,14,21H,1-4H3,(H,20,22)/t14-/m1/s1. The smallest absolute Gasteiger partial charge is 0.339 e. The van der Waals surface area contributed by atoms with E-state index in [9.17, 15) is 14.7 Å². The van der Waals surface area contributed by atoms with Gasteiger partial charge in [0.2, 0.25) is 0 Å². The van der Waals surface area contributed by atoms with Crippen molar-refractivity contribution in [2.45, 2.75) is 33.8 Å². The molecule has 2 N–H and O–H groups in total. The lowest BCUT2D eigenvalue weighted by atomic mass is 10.0. The van der Waals surface area contributed by atoms with Gasteiger partial charge in [0.25, 0.3) is 5.91 Å². The lowest BCUT2D eigenvalue weighted by Gasteiger charge is -2.17. The van der Waals surface area contributed by atoms with Gasteiger partial charge >= 0.3 is 5.97 Å². The van der Waals surface area contributed by atoms with E-state index in [1.54, 1.807) is 0 Å². The van der Waals surface area contributed by atoms with Crippen molar-refractivity contribution < 1.29 is 19.4 Å². The molecular formula is C19H21NO4. The molecule has 0 saturated heterocycles. The van der Waals surface area contributed by atoms with Gasteiger partial charge in [-0.2, -0.15) is 0 Å². The molecule has 24 heavy (non-hydrogen) atoms. The minimum Gasteiger partial charge on any atom is -0.508 e. The van der Waals surface area contributed by atoms with Gasteiger partial charge in [-0.15, -0.1) is 0 Å². The lowest BCUT2D eigenvalue weighted by Crippen LogP contribution is -2.30. The maximum Gasteiger partial charge on any atom is 0.339 e. The Morgan fingerprint density at radius 2 is 1.71 bits per heavy atom. The van der Waals surface area contributed by atoms with E-state index < -0.39 is 18.0 Å². The third-order valence-electron chi connectivity index (χ3n) is 3.66. The number of esters is 1. The van der Waals surface area contributed by atoms with E-state index in [-0.39, 0.29) is 11.3 Å². The Bertz CT molecular complexity index is 760. The van der Waals surface area contributed by atoms with Crippen molar-refractivity contribution in [2.75, 3.05) is 5.32 Å². The highest BCUT2D eigenvalue weighted by atomic mass is 16.5. The summed E-state index contributed by atoms with van der Waals surface area (Å²) < 4.78 is 5.17. The first-order valence-corrected chi connectivity index (χ1v) is 7.66. The summed E-state index contributed by atoms with van der Waals surface area (Å²) in [5.41, 5.74) is 3.94. The molecule has 5 heteroatoms. The number of aryl methyl sites for hydroxylation is 3. The van der Waals surface area contributed by atoms with Crippen LogP contribution in [0.15, 0.2) is 36.4 Å². The normalized spacial score (nSPS) is 11.7. The first kappa shape index (κ1) is 17.5. The van der Waals surface area contributed by atoms with Gasteiger partial charge in [0.15, 0.2) is 6.10 Å². The fourth-order valence-corrected chi connectivity index (χ4v) is 2.52. The van der Waals surface area contributed by atoms with Gasteiger partial charge in [0.05, 0.1) is 5.56 Å². The van der Waals surface area contributed by atoms with E-state index in [0.29, 0.717) is 0 Å². The molecule has 2 aromatic rings. The Labute approximate surface area is 141 Å². The summed E-state index contributed by atoms with van der Waals surface area (Å²) in [6.07, 6.45) is -0.958. The molecule has 0 bridgehead atoms. The SMILES string of the molecule is Cc1cc(C)c(NC(=O)[C@@H](C)OC(=O)c2cccc(O)c2)c(C)c1.